The minimum atomic E-state index is -0.378. The van der Waals surface area contributed by atoms with Crippen LogP contribution in [0.5, 0.6) is 0 Å². The Labute approximate surface area is 149 Å². The monoisotopic (exact) mass is 410 g/mol. The second kappa shape index (κ2) is 6.74. The van der Waals surface area contributed by atoms with Gasteiger partial charge < -0.3 is 0 Å². The molecule has 0 saturated heterocycles. The molecule has 0 radical (unpaired) electrons. The van der Waals surface area contributed by atoms with Crippen molar-refractivity contribution >= 4 is 46.0 Å². The number of hydrogen-bond acceptors (Lipinski definition) is 3. The number of nitrogens with one attached hydrogen (secondary N) is 1. The van der Waals surface area contributed by atoms with Gasteiger partial charge in [0, 0.05) is 20.6 Å². The molecule has 0 fully saturated rings. The Kier molecular flexibility index (Phi) is 4.70. The van der Waals surface area contributed by atoms with Gasteiger partial charge in [0.15, 0.2) is 5.82 Å². The standard InChI is InChI=1S/C15H9BrClFN4S/c16-11-4-5-13(18)10(6-11)8-19-22-14(20-21-15(22)23)9-2-1-3-12(17)7-9/h1-8H,(H,21,23). The van der Waals surface area contributed by atoms with Gasteiger partial charge in [0.2, 0.25) is 4.77 Å². The lowest BCUT2D eigenvalue weighted by Crippen LogP contribution is -1.96. The van der Waals surface area contributed by atoms with Gasteiger partial charge in [0.25, 0.3) is 0 Å². The highest BCUT2D eigenvalue weighted by atomic mass is 79.9. The van der Waals surface area contributed by atoms with Crippen LogP contribution >= 0.6 is 39.7 Å². The van der Waals surface area contributed by atoms with Gasteiger partial charge in [-0.1, -0.05) is 39.7 Å². The fourth-order valence-corrected chi connectivity index (χ4v) is 2.70. The van der Waals surface area contributed by atoms with E-state index in [1.807, 2.05) is 6.07 Å². The quantitative estimate of drug-likeness (QED) is 0.484. The highest BCUT2D eigenvalue weighted by molar-refractivity contribution is 9.10. The van der Waals surface area contributed by atoms with Gasteiger partial charge in [0.05, 0.1) is 6.21 Å². The Morgan fingerprint density at radius 1 is 1.30 bits per heavy atom. The fraction of sp³-hybridized carbons (Fsp3) is 0. The maximum Gasteiger partial charge on any atom is 0.216 e. The number of rotatable bonds is 3. The summed E-state index contributed by atoms with van der Waals surface area (Å²) in [4.78, 5) is 0. The van der Waals surface area contributed by atoms with E-state index in [1.165, 1.54) is 17.0 Å². The molecule has 0 aliphatic heterocycles. The average molecular weight is 412 g/mol. The van der Waals surface area contributed by atoms with E-state index in [1.54, 1.807) is 30.3 Å². The number of aromatic amines is 1. The minimum absolute atomic E-state index is 0.298. The molecular formula is C15H9BrClFN4S. The zero-order valence-electron chi connectivity index (χ0n) is 11.5. The van der Waals surface area contributed by atoms with Crippen molar-refractivity contribution in [3.63, 3.8) is 0 Å². The average Bonchev–Trinajstić information content (AvgIpc) is 2.89. The predicted molar refractivity (Wildman–Crippen MR) is 94.9 cm³/mol. The second-order valence-corrected chi connectivity index (χ2v) is 6.32. The summed E-state index contributed by atoms with van der Waals surface area (Å²) in [6, 6.07) is 11.8. The molecule has 3 aromatic rings. The summed E-state index contributed by atoms with van der Waals surface area (Å²) in [5.41, 5.74) is 1.08. The summed E-state index contributed by atoms with van der Waals surface area (Å²) < 4.78 is 16.3. The van der Waals surface area contributed by atoms with Crippen LogP contribution in [0.2, 0.25) is 5.02 Å². The number of halogens is 3. The van der Waals surface area contributed by atoms with E-state index in [0.29, 0.717) is 21.2 Å². The first-order valence-corrected chi connectivity index (χ1v) is 8.05. The van der Waals surface area contributed by atoms with Gasteiger partial charge in [-0.15, -0.1) is 0 Å². The molecule has 0 bridgehead atoms. The SMILES string of the molecule is Fc1ccc(Br)cc1C=Nn1c(-c2cccc(Cl)c2)n[nH]c1=S. The molecule has 23 heavy (non-hydrogen) atoms. The lowest BCUT2D eigenvalue weighted by Gasteiger charge is -2.02. The van der Waals surface area contributed by atoms with Crippen molar-refractivity contribution in [3.05, 3.63) is 68.1 Å². The lowest BCUT2D eigenvalue weighted by atomic mass is 10.2. The summed E-state index contributed by atoms with van der Waals surface area (Å²) in [5.74, 6) is 0.112. The van der Waals surface area contributed by atoms with Crippen molar-refractivity contribution in [2.75, 3.05) is 0 Å². The summed E-state index contributed by atoms with van der Waals surface area (Å²) in [6.07, 6.45) is 1.39. The van der Waals surface area contributed by atoms with Crippen LogP contribution in [0, 0.1) is 10.6 Å². The van der Waals surface area contributed by atoms with Crippen LogP contribution in [-0.4, -0.2) is 21.1 Å². The molecule has 0 spiro atoms. The first-order valence-electron chi connectivity index (χ1n) is 6.47. The third-order valence-electron chi connectivity index (χ3n) is 3.00. The van der Waals surface area contributed by atoms with E-state index in [-0.39, 0.29) is 5.82 Å². The van der Waals surface area contributed by atoms with Gasteiger partial charge in [-0.25, -0.2) is 9.49 Å². The van der Waals surface area contributed by atoms with E-state index < -0.39 is 0 Å². The molecular weight excluding hydrogens is 403 g/mol. The molecule has 1 N–H and O–H groups in total. The molecule has 1 heterocycles. The zero-order valence-corrected chi connectivity index (χ0v) is 14.7. The number of H-pyrrole nitrogens is 1. The first kappa shape index (κ1) is 16.0. The van der Waals surface area contributed by atoms with Crippen molar-refractivity contribution < 1.29 is 4.39 Å². The van der Waals surface area contributed by atoms with Gasteiger partial charge in [-0.05, 0) is 42.5 Å². The van der Waals surface area contributed by atoms with Crippen LogP contribution in [0.25, 0.3) is 11.4 Å². The Hall–Kier alpha value is -1.83. The molecule has 4 nitrogen and oxygen atoms in total. The number of hydrogen-bond donors (Lipinski definition) is 1. The van der Waals surface area contributed by atoms with Crippen molar-refractivity contribution in [2.45, 2.75) is 0 Å². The van der Waals surface area contributed by atoms with Crippen molar-refractivity contribution in [1.82, 2.24) is 14.9 Å². The highest BCUT2D eigenvalue weighted by Gasteiger charge is 2.09. The van der Waals surface area contributed by atoms with E-state index >= 15 is 0 Å². The van der Waals surface area contributed by atoms with Gasteiger partial charge >= 0.3 is 0 Å². The third kappa shape index (κ3) is 3.57. The van der Waals surface area contributed by atoms with E-state index in [9.17, 15) is 4.39 Å². The number of benzene rings is 2. The molecule has 0 aliphatic carbocycles. The van der Waals surface area contributed by atoms with Gasteiger partial charge in [-0.3, -0.25) is 0 Å². The van der Waals surface area contributed by atoms with Gasteiger partial charge in [-0.2, -0.15) is 14.9 Å². The van der Waals surface area contributed by atoms with Crippen LogP contribution in [0.4, 0.5) is 4.39 Å². The van der Waals surface area contributed by atoms with Crippen LogP contribution in [0.3, 0.4) is 0 Å². The van der Waals surface area contributed by atoms with Crippen molar-refractivity contribution in [3.8, 4) is 11.4 Å². The lowest BCUT2D eigenvalue weighted by molar-refractivity contribution is 0.625. The van der Waals surface area contributed by atoms with Crippen LogP contribution in [0.15, 0.2) is 52.0 Å². The Bertz CT molecular complexity index is 951. The Morgan fingerprint density at radius 2 is 2.13 bits per heavy atom. The molecule has 3 rings (SSSR count). The molecule has 2 aromatic carbocycles. The summed E-state index contributed by atoms with van der Waals surface area (Å²) in [5, 5.41) is 11.6. The van der Waals surface area contributed by atoms with Crippen LogP contribution < -0.4 is 0 Å². The first-order chi connectivity index (χ1) is 11.0. The largest absolute Gasteiger partial charge is 0.250 e. The number of aromatic nitrogens is 3. The molecule has 0 saturated carbocycles. The van der Waals surface area contributed by atoms with E-state index in [2.05, 4.69) is 31.2 Å². The smallest absolute Gasteiger partial charge is 0.216 e. The summed E-state index contributed by atoms with van der Waals surface area (Å²) in [7, 11) is 0. The van der Waals surface area contributed by atoms with Crippen LogP contribution in [0.1, 0.15) is 5.56 Å². The second-order valence-electron chi connectivity index (χ2n) is 4.58. The topological polar surface area (TPSA) is 46.0 Å². The molecule has 8 heteroatoms. The fourth-order valence-electron chi connectivity index (χ4n) is 1.95. The minimum Gasteiger partial charge on any atom is -0.250 e. The molecule has 0 atom stereocenters. The van der Waals surface area contributed by atoms with Gasteiger partial charge in [0.1, 0.15) is 5.82 Å². The highest BCUT2D eigenvalue weighted by Crippen LogP contribution is 2.21. The van der Waals surface area contributed by atoms with Crippen molar-refractivity contribution in [2.24, 2.45) is 5.10 Å². The molecule has 0 aliphatic rings. The maximum atomic E-state index is 13.8. The predicted octanol–water partition coefficient (Wildman–Crippen LogP) is 5.04. The van der Waals surface area contributed by atoms with E-state index in [4.69, 9.17) is 23.8 Å². The molecule has 1 aromatic heterocycles. The molecule has 116 valence electrons. The van der Waals surface area contributed by atoms with Crippen LogP contribution in [-0.2, 0) is 0 Å². The third-order valence-corrected chi connectivity index (χ3v) is 4.00. The van der Waals surface area contributed by atoms with Crippen molar-refractivity contribution in [1.29, 1.82) is 0 Å². The number of nitrogens with zero attached hydrogens (tertiary/aromatic N) is 3. The summed E-state index contributed by atoms with van der Waals surface area (Å²) in [6.45, 7) is 0. The zero-order chi connectivity index (χ0) is 16.4. The Morgan fingerprint density at radius 3 is 2.91 bits per heavy atom. The summed E-state index contributed by atoms with van der Waals surface area (Å²) >= 11 is 14.5. The maximum absolute atomic E-state index is 13.8. The molecule has 0 unspecified atom stereocenters. The normalized spacial score (nSPS) is 11.3. The molecule has 0 amide bonds. The Balaban J connectivity index is 2.04. The van der Waals surface area contributed by atoms with E-state index in [0.717, 1.165) is 10.0 Å².